The number of fused-ring (bicyclic) bond motifs is 1. The summed E-state index contributed by atoms with van der Waals surface area (Å²) in [6, 6.07) is 4.07. The van der Waals surface area contributed by atoms with Gasteiger partial charge >= 0.3 is 0 Å². The summed E-state index contributed by atoms with van der Waals surface area (Å²) in [7, 11) is 0. The van der Waals surface area contributed by atoms with Crippen molar-refractivity contribution in [3.8, 4) is 5.75 Å². The van der Waals surface area contributed by atoms with Crippen LogP contribution in [-0.4, -0.2) is 21.9 Å². The number of phenolic OH excluding ortho intramolecular Hbond substituents is 1. The smallest absolute Gasteiger partial charge is 0.255 e. The Bertz CT molecular complexity index is 836. The number of aromatic nitrogens is 1. The van der Waals surface area contributed by atoms with Crippen molar-refractivity contribution >= 4 is 28.8 Å². The second kappa shape index (κ2) is 7.70. The van der Waals surface area contributed by atoms with Gasteiger partial charge in [0.15, 0.2) is 0 Å². The quantitative estimate of drug-likeness (QED) is 0.555. The number of nitrogens with one attached hydrogen (secondary N) is 2. The Morgan fingerprint density at radius 3 is 2.85 bits per heavy atom. The first kappa shape index (κ1) is 18.1. The zero-order chi connectivity index (χ0) is 18.7. The summed E-state index contributed by atoms with van der Waals surface area (Å²) in [5.74, 6) is -0.952. The molecule has 1 atom stereocenters. The summed E-state index contributed by atoms with van der Waals surface area (Å²) in [5, 5.41) is 16.3. The summed E-state index contributed by atoms with van der Waals surface area (Å²) in [4.78, 5) is 30.0. The van der Waals surface area contributed by atoms with Crippen LogP contribution in [0.2, 0.25) is 0 Å². The van der Waals surface area contributed by atoms with Gasteiger partial charge in [-0.15, -0.1) is 11.3 Å². The van der Waals surface area contributed by atoms with E-state index in [4.69, 9.17) is 0 Å². The van der Waals surface area contributed by atoms with Crippen LogP contribution in [0.25, 0.3) is 0 Å². The lowest BCUT2D eigenvalue weighted by Crippen LogP contribution is -2.26. The van der Waals surface area contributed by atoms with Crippen LogP contribution in [0.4, 0.5) is 5.69 Å². The molecule has 1 heterocycles. The van der Waals surface area contributed by atoms with Gasteiger partial charge < -0.3 is 15.7 Å². The van der Waals surface area contributed by atoms with Gasteiger partial charge in [-0.05, 0) is 56.9 Å². The van der Waals surface area contributed by atoms with Crippen LogP contribution in [0, 0.1) is 0 Å². The Morgan fingerprint density at radius 2 is 2.12 bits per heavy atom. The zero-order valence-corrected chi connectivity index (χ0v) is 15.4. The first-order valence-electron chi connectivity index (χ1n) is 8.53. The molecule has 7 heteroatoms. The molecule has 0 saturated carbocycles. The Hall–Kier alpha value is -2.67. The normalized spacial score (nSPS) is 14.2. The molecule has 0 saturated heterocycles. The maximum Gasteiger partial charge on any atom is 0.255 e. The summed E-state index contributed by atoms with van der Waals surface area (Å²) in [6.07, 6.45) is 5.54. The fourth-order valence-electron chi connectivity index (χ4n) is 2.88. The molecule has 1 aromatic heterocycles. The molecule has 6 nitrogen and oxygen atoms in total. The van der Waals surface area contributed by atoms with Crippen LogP contribution >= 0.6 is 11.3 Å². The molecule has 0 aliphatic heterocycles. The highest BCUT2D eigenvalue weighted by molar-refractivity contribution is 7.11. The van der Waals surface area contributed by atoms with Crippen LogP contribution in [0.15, 0.2) is 30.9 Å². The van der Waals surface area contributed by atoms with Crippen molar-refractivity contribution in [3.63, 3.8) is 0 Å². The van der Waals surface area contributed by atoms with Gasteiger partial charge in [0.2, 0.25) is 5.91 Å². The number of rotatable bonds is 5. The molecular weight excluding hydrogens is 350 g/mol. The highest BCUT2D eigenvalue weighted by atomic mass is 32.1. The Morgan fingerprint density at radius 1 is 1.35 bits per heavy atom. The molecule has 26 heavy (non-hydrogen) atoms. The lowest BCUT2D eigenvalue weighted by molar-refractivity contribution is -0.111. The molecular formula is C19H21N3O3S. The van der Waals surface area contributed by atoms with Crippen molar-refractivity contribution in [2.45, 2.75) is 38.6 Å². The van der Waals surface area contributed by atoms with Crippen molar-refractivity contribution in [2.75, 3.05) is 5.32 Å². The van der Waals surface area contributed by atoms with Crippen LogP contribution in [-0.2, 0) is 17.6 Å². The molecule has 0 spiro atoms. The van der Waals surface area contributed by atoms with Gasteiger partial charge in [0.05, 0.1) is 17.3 Å². The third kappa shape index (κ3) is 3.94. The second-order valence-electron chi connectivity index (χ2n) is 6.25. The maximum atomic E-state index is 12.6. The van der Waals surface area contributed by atoms with E-state index in [1.807, 2.05) is 6.92 Å². The maximum absolute atomic E-state index is 12.6. The lowest BCUT2D eigenvalue weighted by atomic mass is 10.0. The second-order valence-corrected chi connectivity index (χ2v) is 7.36. The average Bonchev–Trinajstić information content (AvgIpc) is 3.07. The molecule has 136 valence electrons. The third-order valence-corrected chi connectivity index (χ3v) is 5.61. The van der Waals surface area contributed by atoms with E-state index < -0.39 is 5.91 Å². The Balaban J connectivity index is 1.74. The van der Waals surface area contributed by atoms with Gasteiger partial charge in [0.25, 0.3) is 5.91 Å². The number of aromatic hydroxyl groups is 1. The van der Waals surface area contributed by atoms with Crippen LogP contribution in [0.3, 0.4) is 0 Å². The molecule has 0 fully saturated rings. The van der Waals surface area contributed by atoms with E-state index in [0.29, 0.717) is 5.69 Å². The number of benzene rings is 1. The summed E-state index contributed by atoms with van der Waals surface area (Å²) >= 11 is 1.64. The minimum Gasteiger partial charge on any atom is -0.507 e. The van der Waals surface area contributed by atoms with Crippen molar-refractivity contribution in [1.29, 1.82) is 0 Å². The number of hydrogen-bond donors (Lipinski definition) is 3. The summed E-state index contributed by atoms with van der Waals surface area (Å²) in [5.41, 5.74) is 1.66. The number of nitrogens with zero attached hydrogens (tertiary/aromatic N) is 1. The third-order valence-electron chi connectivity index (χ3n) is 4.27. The first-order chi connectivity index (χ1) is 12.5. The molecule has 1 aliphatic carbocycles. The summed E-state index contributed by atoms with van der Waals surface area (Å²) < 4.78 is 0. The number of phenols is 1. The van der Waals surface area contributed by atoms with E-state index in [0.717, 1.165) is 36.0 Å². The predicted molar refractivity (Wildman–Crippen MR) is 102 cm³/mol. The monoisotopic (exact) mass is 371 g/mol. The molecule has 0 bridgehead atoms. The highest BCUT2D eigenvalue weighted by Gasteiger charge is 2.21. The number of hydrogen-bond acceptors (Lipinski definition) is 5. The van der Waals surface area contributed by atoms with Gasteiger partial charge in [-0.3, -0.25) is 9.59 Å². The van der Waals surface area contributed by atoms with Crippen molar-refractivity contribution < 1.29 is 14.7 Å². The van der Waals surface area contributed by atoms with E-state index in [9.17, 15) is 14.7 Å². The fourth-order valence-corrected chi connectivity index (χ4v) is 4.04. The zero-order valence-electron chi connectivity index (χ0n) is 14.5. The molecule has 1 aromatic carbocycles. The topological polar surface area (TPSA) is 91.3 Å². The van der Waals surface area contributed by atoms with Crippen molar-refractivity contribution in [3.05, 3.63) is 52.0 Å². The number of carbonyl (C=O) groups is 2. The molecule has 1 aliphatic rings. The largest absolute Gasteiger partial charge is 0.507 e. The van der Waals surface area contributed by atoms with Crippen LogP contribution < -0.4 is 10.6 Å². The molecule has 1 unspecified atom stereocenters. The van der Waals surface area contributed by atoms with Crippen molar-refractivity contribution in [2.24, 2.45) is 0 Å². The molecule has 3 rings (SSSR count). The molecule has 2 aromatic rings. The predicted octanol–water partition coefficient (Wildman–Crippen LogP) is 3.34. The van der Waals surface area contributed by atoms with E-state index in [-0.39, 0.29) is 23.3 Å². The number of amides is 2. The SMILES string of the molecule is C=CC(=O)Nc1ccc(O)c(C(=O)NC(C)c2nc3c(s2)CCCC3)c1. The van der Waals surface area contributed by atoms with Gasteiger partial charge in [0.1, 0.15) is 10.8 Å². The number of carbonyl (C=O) groups excluding carboxylic acids is 2. The van der Waals surface area contributed by atoms with E-state index in [1.54, 1.807) is 11.3 Å². The van der Waals surface area contributed by atoms with Gasteiger partial charge in [0, 0.05) is 10.6 Å². The van der Waals surface area contributed by atoms with Crippen LogP contribution in [0.1, 0.15) is 51.7 Å². The van der Waals surface area contributed by atoms with Gasteiger partial charge in [-0.25, -0.2) is 4.98 Å². The van der Waals surface area contributed by atoms with E-state index in [1.165, 1.54) is 29.5 Å². The fraction of sp³-hybridized carbons (Fsp3) is 0.316. The Labute approximate surface area is 156 Å². The minimum absolute atomic E-state index is 0.0973. The van der Waals surface area contributed by atoms with E-state index in [2.05, 4.69) is 22.2 Å². The average molecular weight is 371 g/mol. The number of anilines is 1. The minimum atomic E-state index is -0.419. The molecule has 0 radical (unpaired) electrons. The van der Waals surface area contributed by atoms with Crippen molar-refractivity contribution in [1.82, 2.24) is 10.3 Å². The van der Waals surface area contributed by atoms with Crippen LogP contribution in [0.5, 0.6) is 5.75 Å². The van der Waals surface area contributed by atoms with E-state index >= 15 is 0 Å². The molecule has 2 amide bonds. The number of thiazole rings is 1. The standard InChI is InChI=1S/C19H21N3O3S/c1-3-17(24)21-12-8-9-15(23)13(10-12)18(25)20-11(2)19-22-14-6-4-5-7-16(14)26-19/h3,8-11,23H,1,4-7H2,2H3,(H,20,25)(H,21,24). The molecule has 3 N–H and O–H groups in total. The van der Waals surface area contributed by atoms with Gasteiger partial charge in [-0.1, -0.05) is 6.58 Å². The first-order valence-corrected chi connectivity index (χ1v) is 9.35. The Kier molecular flexibility index (Phi) is 5.37. The highest BCUT2D eigenvalue weighted by Crippen LogP contribution is 2.30. The van der Waals surface area contributed by atoms with Gasteiger partial charge in [-0.2, -0.15) is 0 Å². The number of aryl methyl sites for hydroxylation is 2. The summed E-state index contributed by atoms with van der Waals surface area (Å²) in [6.45, 7) is 5.26. The lowest BCUT2D eigenvalue weighted by Gasteiger charge is -2.13.